The summed E-state index contributed by atoms with van der Waals surface area (Å²) in [6, 6.07) is 10.1. The van der Waals surface area contributed by atoms with E-state index < -0.39 is 5.82 Å². The number of methoxy groups -OCH3 is 2. The molecule has 1 heterocycles. The molecule has 0 aromatic heterocycles. The van der Waals surface area contributed by atoms with Gasteiger partial charge in [-0.05, 0) is 54.2 Å². The van der Waals surface area contributed by atoms with E-state index in [0.29, 0.717) is 34.5 Å². The zero-order valence-electron chi connectivity index (χ0n) is 15.5. The number of carbonyl (C=O) groups excluding carboxylic acids is 1. The topological polar surface area (TPSA) is 38.8 Å². The molecule has 1 aliphatic heterocycles. The van der Waals surface area contributed by atoms with Crippen LogP contribution < -0.4 is 9.47 Å². The van der Waals surface area contributed by atoms with Gasteiger partial charge in [0.25, 0.3) is 0 Å². The van der Waals surface area contributed by atoms with Crippen molar-refractivity contribution in [2.45, 2.75) is 19.3 Å². The largest absolute Gasteiger partial charge is 0.493 e. The lowest BCUT2D eigenvalue weighted by Gasteiger charge is -2.17. The maximum Gasteiger partial charge on any atom is 0.227 e. The molecule has 1 amide bonds. The van der Waals surface area contributed by atoms with Gasteiger partial charge in [-0.1, -0.05) is 23.7 Å². The summed E-state index contributed by atoms with van der Waals surface area (Å²) >= 11 is 6.04. The maximum absolute atomic E-state index is 13.1. The lowest BCUT2D eigenvalue weighted by Crippen LogP contribution is -2.30. The van der Waals surface area contributed by atoms with E-state index in [9.17, 15) is 9.18 Å². The molecule has 144 valence electrons. The van der Waals surface area contributed by atoms with Gasteiger partial charge in [0.1, 0.15) is 5.82 Å². The van der Waals surface area contributed by atoms with Gasteiger partial charge in [0.15, 0.2) is 11.5 Å². The second kappa shape index (κ2) is 8.61. The van der Waals surface area contributed by atoms with Crippen molar-refractivity contribution in [1.82, 2.24) is 4.90 Å². The van der Waals surface area contributed by atoms with E-state index >= 15 is 0 Å². The minimum absolute atomic E-state index is 0.0262. The van der Waals surface area contributed by atoms with Gasteiger partial charge in [-0.2, -0.15) is 0 Å². The van der Waals surface area contributed by atoms with E-state index in [2.05, 4.69) is 0 Å². The van der Waals surface area contributed by atoms with Gasteiger partial charge in [0.2, 0.25) is 5.91 Å². The lowest BCUT2D eigenvalue weighted by atomic mass is 9.98. The molecule has 0 N–H and O–H groups in total. The van der Waals surface area contributed by atoms with Crippen molar-refractivity contribution >= 4 is 17.5 Å². The van der Waals surface area contributed by atoms with Gasteiger partial charge in [-0.15, -0.1) is 0 Å². The van der Waals surface area contributed by atoms with Crippen molar-refractivity contribution in [3.63, 3.8) is 0 Å². The Morgan fingerprint density at radius 1 is 1.19 bits per heavy atom. The number of halogens is 2. The fourth-order valence-electron chi connectivity index (χ4n) is 3.51. The normalized spacial score (nSPS) is 16.4. The van der Waals surface area contributed by atoms with Crippen molar-refractivity contribution in [1.29, 1.82) is 0 Å². The summed E-state index contributed by atoms with van der Waals surface area (Å²) in [7, 11) is 3.24. The Bertz CT molecular complexity index is 827. The molecule has 0 aliphatic carbocycles. The maximum atomic E-state index is 13.1. The summed E-state index contributed by atoms with van der Waals surface area (Å²) in [5.74, 6) is 1.45. The Hall–Kier alpha value is -2.27. The predicted molar refractivity (Wildman–Crippen MR) is 103 cm³/mol. The molecule has 0 bridgehead atoms. The van der Waals surface area contributed by atoms with Crippen LogP contribution in [0.3, 0.4) is 0 Å². The van der Waals surface area contributed by atoms with Crippen LogP contribution >= 0.6 is 11.6 Å². The monoisotopic (exact) mass is 391 g/mol. The van der Waals surface area contributed by atoms with E-state index in [-0.39, 0.29) is 12.3 Å². The van der Waals surface area contributed by atoms with Crippen LogP contribution in [0.5, 0.6) is 11.5 Å². The fourth-order valence-corrected chi connectivity index (χ4v) is 3.74. The Morgan fingerprint density at radius 3 is 2.67 bits per heavy atom. The first-order chi connectivity index (χ1) is 13.0. The van der Waals surface area contributed by atoms with Crippen molar-refractivity contribution in [2.24, 2.45) is 5.92 Å². The third-order valence-electron chi connectivity index (χ3n) is 4.97. The molecule has 27 heavy (non-hydrogen) atoms. The molecule has 2 aromatic rings. The first-order valence-electron chi connectivity index (χ1n) is 8.92. The molecule has 1 saturated heterocycles. The minimum Gasteiger partial charge on any atom is -0.493 e. The Labute approximate surface area is 163 Å². The highest BCUT2D eigenvalue weighted by Gasteiger charge is 2.27. The van der Waals surface area contributed by atoms with Crippen LogP contribution in [0.1, 0.15) is 17.5 Å². The fraction of sp³-hybridized carbons (Fsp3) is 0.381. The van der Waals surface area contributed by atoms with E-state index in [1.54, 1.807) is 20.3 Å². The Morgan fingerprint density at radius 2 is 1.96 bits per heavy atom. The molecule has 2 aromatic carbocycles. The molecule has 0 radical (unpaired) electrons. The van der Waals surface area contributed by atoms with Gasteiger partial charge in [-0.25, -0.2) is 4.39 Å². The van der Waals surface area contributed by atoms with Gasteiger partial charge in [0, 0.05) is 18.1 Å². The molecule has 1 fully saturated rings. The number of ether oxygens (including phenoxy) is 2. The number of hydrogen-bond donors (Lipinski definition) is 0. The molecule has 3 rings (SSSR count). The molecular formula is C21H23ClFNO3. The zero-order valence-corrected chi connectivity index (χ0v) is 16.3. The van der Waals surface area contributed by atoms with E-state index in [1.165, 1.54) is 12.1 Å². The summed E-state index contributed by atoms with van der Waals surface area (Å²) in [5, 5.41) is 0.296. The third kappa shape index (κ3) is 4.72. The highest BCUT2D eigenvalue weighted by atomic mass is 35.5. The Balaban J connectivity index is 1.59. The number of nitrogens with zero attached hydrogens (tertiary/aromatic N) is 1. The van der Waals surface area contributed by atoms with Crippen molar-refractivity contribution < 1.29 is 18.7 Å². The van der Waals surface area contributed by atoms with Crippen LogP contribution in [0.25, 0.3) is 0 Å². The van der Waals surface area contributed by atoms with Crippen LogP contribution in [0.2, 0.25) is 5.02 Å². The summed E-state index contributed by atoms with van der Waals surface area (Å²) < 4.78 is 23.8. The molecule has 1 aliphatic rings. The van der Waals surface area contributed by atoms with Crippen LogP contribution in [0.4, 0.5) is 4.39 Å². The van der Waals surface area contributed by atoms with Gasteiger partial charge >= 0.3 is 0 Å². The first-order valence-corrected chi connectivity index (χ1v) is 9.30. The predicted octanol–water partition coefficient (Wildman–Crippen LogP) is 4.13. The average Bonchev–Trinajstić information content (AvgIpc) is 3.12. The Kier molecular flexibility index (Phi) is 6.22. The minimum atomic E-state index is -0.396. The number of benzene rings is 2. The summed E-state index contributed by atoms with van der Waals surface area (Å²) in [6.45, 7) is 1.45. The van der Waals surface area contributed by atoms with Crippen molar-refractivity contribution in [2.75, 3.05) is 27.3 Å². The van der Waals surface area contributed by atoms with E-state index in [1.807, 2.05) is 23.1 Å². The van der Waals surface area contributed by atoms with Crippen molar-refractivity contribution in [3.8, 4) is 11.5 Å². The smallest absolute Gasteiger partial charge is 0.227 e. The number of amides is 1. The SMILES string of the molecule is COc1ccc(CC2CCN(C(=O)Cc3ccc(F)cc3Cl)C2)cc1OC. The second-order valence-electron chi connectivity index (χ2n) is 6.80. The van der Waals surface area contributed by atoms with Crippen LogP contribution in [0, 0.1) is 11.7 Å². The number of carbonyl (C=O) groups is 1. The lowest BCUT2D eigenvalue weighted by molar-refractivity contribution is -0.129. The van der Waals surface area contributed by atoms with Crippen LogP contribution in [0.15, 0.2) is 36.4 Å². The van der Waals surface area contributed by atoms with E-state index in [4.69, 9.17) is 21.1 Å². The highest BCUT2D eigenvalue weighted by Crippen LogP contribution is 2.30. The molecule has 6 heteroatoms. The number of hydrogen-bond acceptors (Lipinski definition) is 3. The number of likely N-dealkylation sites (tertiary alicyclic amines) is 1. The standard InChI is InChI=1S/C21H23ClFNO3/c1-26-19-6-3-14(10-20(19)27-2)9-15-7-8-24(13-15)21(25)11-16-4-5-17(23)12-18(16)22/h3-6,10,12,15H,7-9,11,13H2,1-2H3. The van der Waals surface area contributed by atoms with Crippen LogP contribution in [-0.4, -0.2) is 38.1 Å². The van der Waals surface area contributed by atoms with Gasteiger partial charge in [0.05, 0.1) is 20.6 Å². The molecular weight excluding hydrogens is 369 g/mol. The van der Waals surface area contributed by atoms with Crippen LogP contribution in [-0.2, 0) is 17.6 Å². The summed E-state index contributed by atoms with van der Waals surface area (Å²) in [6.07, 6.45) is 2.03. The quantitative estimate of drug-likeness (QED) is 0.743. The van der Waals surface area contributed by atoms with Crippen molar-refractivity contribution in [3.05, 3.63) is 58.4 Å². The van der Waals surface area contributed by atoms with E-state index in [0.717, 1.165) is 24.9 Å². The molecule has 1 unspecified atom stereocenters. The number of rotatable bonds is 6. The third-order valence-corrected chi connectivity index (χ3v) is 5.32. The second-order valence-corrected chi connectivity index (χ2v) is 7.21. The summed E-state index contributed by atoms with van der Waals surface area (Å²) in [5.41, 5.74) is 1.82. The average molecular weight is 392 g/mol. The molecule has 4 nitrogen and oxygen atoms in total. The first kappa shape index (κ1) is 19.5. The highest BCUT2D eigenvalue weighted by molar-refractivity contribution is 6.31. The summed E-state index contributed by atoms with van der Waals surface area (Å²) in [4.78, 5) is 14.4. The molecule has 0 saturated carbocycles. The van der Waals surface area contributed by atoms with Gasteiger partial charge < -0.3 is 14.4 Å². The molecule has 1 atom stereocenters. The molecule has 0 spiro atoms. The van der Waals surface area contributed by atoms with Gasteiger partial charge in [-0.3, -0.25) is 4.79 Å². The zero-order chi connectivity index (χ0) is 19.4.